The molecule has 0 aliphatic heterocycles. The first-order chi connectivity index (χ1) is 18.6. The van der Waals surface area contributed by atoms with E-state index >= 15 is 0 Å². The number of nitrogens with zero attached hydrogens (tertiary/aromatic N) is 1. The molecule has 0 saturated carbocycles. The summed E-state index contributed by atoms with van der Waals surface area (Å²) in [6.45, 7) is 17.6. The van der Waals surface area contributed by atoms with Gasteiger partial charge in [-0.1, -0.05) is 97.0 Å². The first kappa shape index (κ1) is 33.0. The smallest absolute Gasteiger partial charge is 0.333 e. The Morgan fingerprint density at radius 1 is 0.975 bits per heavy atom. The summed E-state index contributed by atoms with van der Waals surface area (Å²) in [7, 11) is 3.49. The monoisotopic (exact) mass is 551 g/mol. The standard InChI is InChI=1S/C33H49N3O4/c1-12-40-31(39)22(4)19-26(21(2)3)36(11)30(38)28(32(5,6)7)35-29(37)27(34-10)33(8,9)25-18-17-23-15-13-14-16-24(23)20-25/h13-21,26-28,34H,12H2,1-11H3,(H,35,37)/b22-19+/t26-,27-,28-/m1/s1. The van der Waals surface area contributed by atoms with Crippen LogP contribution < -0.4 is 10.6 Å². The number of fused-ring (bicyclic) bond motifs is 1. The number of amides is 2. The molecule has 0 radical (unpaired) electrons. The second-order valence-electron chi connectivity index (χ2n) is 12.6. The highest BCUT2D eigenvalue weighted by Crippen LogP contribution is 2.31. The van der Waals surface area contributed by atoms with E-state index in [1.165, 1.54) is 0 Å². The van der Waals surface area contributed by atoms with Crippen molar-refractivity contribution >= 4 is 28.6 Å². The number of benzene rings is 2. The Morgan fingerprint density at radius 2 is 1.57 bits per heavy atom. The van der Waals surface area contributed by atoms with Crippen molar-refractivity contribution in [2.75, 3.05) is 20.7 Å². The van der Waals surface area contributed by atoms with E-state index in [-0.39, 0.29) is 30.4 Å². The number of hydrogen-bond donors (Lipinski definition) is 2. The minimum atomic E-state index is -0.786. The van der Waals surface area contributed by atoms with E-state index in [1.807, 2.05) is 60.6 Å². The third-order valence-electron chi connectivity index (χ3n) is 7.66. The summed E-state index contributed by atoms with van der Waals surface area (Å²) in [4.78, 5) is 41.7. The van der Waals surface area contributed by atoms with Crippen molar-refractivity contribution in [2.45, 2.75) is 85.9 Å². The van der Waals surface area contributed by atoms with Gasteiger partial charge in [-0.3, -0.25) is 9.59 Å². The molecular formula is C33H49N3O4. The Morgan fingerprint density at radius 3 is 2.10 bits per heavy atom. The van der Waals surface area contributed by atoms with Crippen LogP contribution in [0.25, 0.3) is 10.8 Å². The maximum Gasteiger partial charge on any atom is 0.333 e. The molecule has 3 atom stereocenters. The van der Waals surface area contributed by atoms with Gasteiger partial charge in [0, 0.05) is 18.0 Å². The van der Waals surface area contributed by atoms with Crippen LogP contribution in [0.5, 0.6) is 0 Å². The second kappa shape index (κ2) is 13.4. The Bertz CT molecular complexity index is 1230. The van der Waals surface area contributed by atoms with E-state index in [2.05, 4.69) is 41.0 Å². The van der Waals surface area contributed by atoms with Crippen molar-refractivity contribution in [3.8, 4) is 0 Å². The molecule has 2 aromatic rings. The summed E-state index contributed by atoms with van der Waals surface area (Å²) < 4.78 is 5.13. The van der Waals surface area contributed by atoms with Gasteiger partial charge < -0.3 is 20.3 Å². The fourth-order valence-corrected chi connectivity index (χ4v) is 5.12. The molecule has 0 spiro atoms. The van der Waals surface area contributed by atoms with Gasteiger partial charge in [-0.15, -0.1) is 0 Å². The lowest BCUT2D eigenvalue weighted by molar-refractivity contribution is -0.141. The van der Waals surface area contributed by atoms with Crippen molar-refractivity contribution in [3.63, 3.8) is 0 Å². The zero-order valence-electron chi connectivity index (χ0n) is 26.2. The fourth-order valence-electron chi connectivity index (χ4n) is 5.12. The van der Waals surface area contributed by atoms with Crippen LogP contribution >= 0.6 is 0 Å². The van der Waals surface area contributed by atoms with Gasteiger partial charge >= 0.3 is 5.97 Å². The predicted molar refractivity (Wildman–Crippen MR) is 163 cm³/mol. The van der Waals surface area contributed by atoms with E-state index < -0.39 is 28.9 Å². The summed E-state index contributed by atoms with van der Waals surface area (Å²) >= 11 is 0. The van der Waals surface area contributed by atoms with Crippen LogP contribution in [0.1, 0.15) is 67.9 Å². The third kappa shape index (κ3) is 7.72. The highest BCUT2D eigenvalue weighted by atomic mass is 16.5. The van der Waals surface area contributed by atoms with E-state index in [4.69, 9.17) is 4.74 Å². The average Bonchev–Trinajstić information content (AvgIpc) is 2.88. The summed E-state index contributed by atoms with van der Waals surface area (Å²) in [5, 5.41) is 8.54. The van der Waals surface area contributed by atoms with Crippen LogP contribution in [-0.2, 0) is 24.5 Å². The fraction of sp³-hybridized carbons (Fsp3) is 0.545. The van der Waals surface area contributed by atoms with E-state index in [0.29, 0.717) is 5.57 Å². The molecule has 7 heteroatoms. The minimum absolute atomic E-state index is 0.0338. The first-order valence-electron chi connectivity index (χ1n) is 14.1. The number of carbonyl (C=O) groups is 3. The lowest BCUT2D eigenvalue weighted by atomic mass is 9.76. The predicted octanol–water partition coefficient (Wildman–Crippen LogP) is 5.23. The van der Waals surface area contributed by atoms with Gasteiger partial charge in [0.25, 0.3) is 0 Å². The van der Waals surface area contributed by atoms with Crippen molar-refractivity contribution < 1.29 is 19.1 Å². The first-order valence-corrected chi connectivity index (χ1v) is 14.1. The normalized spacial score (nSPS) is 14.9. The molecule has 0 saturated heterocycles. The molecule has 0 aliphatic carbocycles. The molecule has 0 fully saturated rings. The van der Waals surface area contributed by atoms with Gasteiger partial charge in [0.15, 0.2) is 0 Å². The lowest BCUT2D eigenvalue weighted by Crippen LogP contribution is -2.61. The summed E-state index contributed by atoms with van der Waals surface area (Å²) in [6.07, 6.45) is 1.78. The van der Waals surface area contributed by atoms with E-state index in [0.717, 1.165) is 16.3 Å². The molecule has 2 N–H and O–H groups in total. The molecule has 0 heterocycles. The molecule has 0 unspecified atom stereocenters. The van der Waals surface area contributed by atoms with Crippen LogP contribution in [0.15, 0.2) is 54.1 Å². The Labute approximate surface area is 240 Å². The van der Waals surface area contributed by atoms with Gasteiger partial charge in [0.1, 0.15) is 6.04 Å². The molecule has 40 heavy (non-hydrogen) atoms. The SMILES string of the molecule is CCOC(=O)/C(C)=C/[C@H](C(C)C)N(C)C(=O)[C@@H](NC(=O)[C@@H](NC)C(C)(C)c1ccc2ccccc2c1)C(C)(C)C. The topological polar surface area (TPSA) is 87.7 Å². The summed E-state index contributed by atoms with van der Waals surface area (Å²) in [6, 6.07) is 12.7. The van der Waals surface area contributed by atoms with Gasteiger partial charge in [0.05, 0.1) is 18.7 Å². The molecule has 7 nitrogen and oxygen atoms in total. The quantitative estimate of drug-likeness (QED) is 0.295. The van der Waals surface area contributed by atoms with Crippen LogP contribution in [0, 0.1) is 11.3 Å². The van der Waals surface area contributed by atoms with Crippen molar-refractivity contribution in [1.82, 2.24) is 15.5 Å². The maximum absolute atomic E-state index is 14.0. The van der Waals surface area contributed by atoms with Crippen LogP contribution in [0.3, 0.4) is 0 Å². The molecule has 0 bridgehead atoms. The van der Waals surface area contributed by atoms with Gasteiger partial charge in [0.2, 0.25) is 11.8 Å². The Kier molecular flexibility index (Phi) is 11.1. The number of nitrogens with one attached hydrogen (secondary N) is 2. The van der Waals surface area contributed by atoms with Crippen molar-refractivity contribution in [1.29, 1.82) is 0 Å². The van der Waals surface area contributed by atoms with Crippen LogP contribution in [0.2, 0.25) is 0 Å². The molecule has 220 valence electrons. The van der Waals surface area contributed by atoms with Crippen LogP contribution in [-0.4, -0.2) is 61.5 Å². The third-order valence-corrected chi connectivity index (χ3v) is 7.66. The Balaban J connectivity index is 2.38. The molecule has 0 aliphatic rings. The molecule has 0 aromatic heterocycles. The highest BCUT2D eigenvalue weighted by Gasteiger charge is 2.41. The summed E-state index contributed by atoms with van der Waals surface area (Å²) in [5.41, 5.74) is 0.341. The maximum atomic E-state index is 14.0. The minimum Gasteiger partial charge on any atom is -0.463 e. The zero-order chi connectivity index (χ0) is 30.4. The lowest BCUT2D eigenvalue weighted by Gasteiger charge is -2.40. The van der Waals surface area contributed by atoms with Crippen LogP contribution in [0.4, 0.5) is 0 Å². The molecular weight excluding hydrogens is 502 g/mol. The van der Waals surface area contributed by atoms with Crippen molar-refractivity contribution in [2.24, 2.45) is 11.3 Å². The van der Waals surface area contributed by atoms with Gasteiger partial charge in [-0.2, -0.15) is 0 Å². The number of rotatable bonds is 11. The number of esters is 1. The van der Waals surface area contributed by atoms with Gasteiger partial charge in [-0.05, 0) is 48.6 Å². The number of hydrogen-bond acceptors (Lipinski definition) is 5. The summed E-state index contributed by atoms with van der Waals surface area (Å²) in [5.74, 6) is -0.832. The number of ether oxygens (including phenoxy) is 1. The van der Waals surface area contributed by atoms with Gasteiger partial charge in [-0.25, -0.2) is 4.79 Å². The average molecular weight is 552 g/mol. The van der Waals surface area contributed by atoms with E-state index in [9.17, 15) is 14.4 Å². The zero-order valence-corrected chi connectivity index (χ0v) is 26.2. The van der Waals surface area contributed by atoms with E-state index in [1.54, 1.807) is 38.9 Å². The second-order valence-corrected chi connectivity index (χ2v) is 12.6. The highest BCUT2D eigenvalue weighted by molar-refractivity contribution is 5.92. The molecule has 2 rings (SSSR count). The van der Waals surface area contributed by atoms with Crippen molar-refractivity contribution in [3.05, 3.63) is 59.7 Å². The molecule has 2 aromatic carbocycles. The molecule has 2 amide bonds. The Hall–Kier alpha value is -3.19. The number of carbonyl (C=O) groups excluding carboxylic acids is 3. The largest absolute Gasteiger partial charge is 0.463 e. The number of likely N-dealkylation sites (N-methyl/N-ethyl adjacent to an activating group) is 2.